The van der Waals surface area contributed by atoms with Gasteiger partial charge in [0, 0.05) is 11.5 Å². The van der Waals surface area contributed by atoms with E-state index in [1.54, 1.807) is 21.6 Å². The van der Waals surface area contributed by atoms with Crippen molar-refractivity contribution in [1.29, 1.82) is 0 Å². The van der Waals surface area contributed by atoms with Gasteiger partial charge in [0.1, 0.15) is 0 Å². The lowest BCUT2D eigenvalue weighted by atomic mass is 10.3. The molecule has 1 heterocycles. The van der Waals surface area contributed by atoms with E-state index in [0.717, 1.165) is 0 Å². The van der Waals surface area contributed by atoms with Gasteiger partial charge in [-0.1, -0.05) is 21.6 Å². The maximum absolute atomic E-state index is 8.89. The maximum atomic E-state index is 8.89. The number of hydrogen-bond donors (Lipinski definition) is 2. The van der Waals surface area contributed by atoms with Crippen molar-refractivity contribution in [2.24, 2.45) is 0 Å². The number of aliphatic hydroxyl groups excluding tert-OH is 2. The minimum atomic E-state index is -0.499. The molecule has 0 aliphatic carbocycles. The molecule has 0 amide bonds. The summed E-state index contributed by atoms with van der Waals surface area (Å²) in [7, 11) is 3.23. The molecule has 1 aliphatic heterocycles. The molecule has 2 nitrogen and oxygen atoms in total. The van der Waals surface area contributed by atoms with Crippen LogP contribution in [0.5, 0.6) is 0 Å². The molecule has 1 saturated heterocycles. The van der Waals surface area contributed by atoms with Gasteiger partial charge in [0.2, 0.25) is 0 Å². The molecule has 2 N–H and O–H groups in total. The van der Waals surface area contributed by atoms with Gasteiger partial charge in [-0.15, -0.1) is 0 Å². The van der Waals surface area contributed by atoms with Crippen LogP contribution in [0, 0.1) is 0 Å². The van der Waals surface area contributed by atoms with Crippen LogP contribution >= 0.6 is 21.6 Å². The van der Waals surface area contributed by atoms with Crippen LogP contribution in [0.1, 0.15) is 0 Å². The van der Waals surface area contributed by atoms with Crippen LogP contribution in [0.2, 0.25) is 0 Å². The fourth-order valence-electron chi connectivity index (χ4n) is 0.458. The summed E-state index contributed by atoms with van der Waals surface area (Å²) in [4.78, 5) is 0. The third-order valence-corrected chi connectivity index (χ3v) is 3.44. The first kappa shape index (κ1) is 6.74. The summed E-state index contributed by atoms with van der Waals surface area (Å²) in [6, 6.07) is 0. The molecule has 4 heteroatoms. The molecular weight excluding hydrogens is 144 g/mol. The van der Waals surface area contributed by atoms with Gasteiger partial charge in [0.05, 0.1) is 12.2 Å². The quantitative estimate of drug-likeness (QED) is 0.483. The Bertz CT molecular complexity index is 68.4. The Morgan fingerprint density at radius 2 is 1.38 bits per heavy atom. The smallest absolute Gasteiger partial charge is 0.0906 e. The standard InChI is InChI=1S/C4H8O2S2/c5-3-1-7-8-2-4(3)6/h3-6H,1-2H2. The molecule has 0 bridgehead atoms. The van der Waals surface area contributed by atoms with Gasteiger partial charge in [-0.2, -0.15) is 0 Å². The summed E-state index contributed by atoms with van der Waals surface area (Å²) < 4.78 is 0. The summed E-state index contributed by atoms with van der Waals surface area (Å²) in [5.41, 5.74) is 0. The molecule has 2 unspecified atom stereocenters. The van der Waals surface area contributed by atoms with Crippen molar-refractivity contribution in [3.05, 3.63) is 0 Å². The highest BCUT2D eigenvalue weighted by atomic mass is 33.1. The first-order chi connectivity index (χ1) is 3.80. The van der Waals surface area contributed by atoms with Crippen molar-refractivity contribution < 1.29 is 10.2 Å². The lowest BCUT2D eigenvalue weighted by Gasteiger charge is -2.20. The molecule has 0 saturated carbocycles. The summed E-state index contributed by atoms with van der Waals surface area (Å²) >= 11 is 0. The topological polar surface area (TPSA) is 40.5 Å². The molecule has 1 aliphatic rings. The molecule has 0 aromatic heterocycles. The zero-order chi connectivity index (χ0) is 5.98. The van der Waals surface area contributed by atoms with Crippen LogP contribution in [0.15, 0.2) is 0 Å². The minimum Gasteiger partial charge on any atom is -0.390 e. The van der Waals surface area contributed by atoms with Crippen molar-refractivity contribution in [3.63, 3.8) is 0 Å². The number of aliphatic hydroxyl groups is 2. The Morgan fingerprint density at radius 3 is 1.62 bits per heavy atom. The normalized spacial score (nSPS) is 39.8. The predicted octanol–water partition coefficient (Wildman–Crippen LogP) is 0.103. The third-order valence-electron chi connectivity index (χ3n) is 1.01. The van der Waals surface area contributed by atoms with E-state index in [4.69, 9.17) is 10.2 Å². The molecule has 2 atom stereocenters. The van der Waals surface area contributed by atoms with Gasteiger partial charge < -0.3 is 10.2 Å². The van der Waals surface area contributed by atoms with E-state index in [0.29, 0.717) is 11.5 Å². The van der Waals surface area contributed by atoms with E-state index in [-0.39, 0.29) is 0 Å². The molecule has 8 heavy (non-hydrogen) atoms. The fraction of sp³-hybridized carbons (Fsp3) is 1.00. The largest absolute Gasteiger partial charge is 0.390 e. The maximum Gasteiger partial charge on any atom is 0.0906 e. The molecule has 1 fully saturated rings. The first-order valence-corrected chi connectivity index (χ1v) is 4.90. The van der Waals surface area contributed by atoms with E-state index in [9.17, 15) is 0 Å². The van der Waals surface area contributed by atoms with Crippen molar-refractivity contribution in [3.8, 4) is 0 Å². The molecule has 0 radical (unpaired) electrons. The molecule has 1 rings (SSSR count). The average Bonchev–Trinajstić information content (AvgIpc) is 1.77. The number of hydrogen-bond acceptors (Lipinski definition) is 4. The second-order valence-corrected chi connectivity index (χ2v) is 4.26. The van der Waals surface area contributed by atoms with Crippen LogP contribution in [-0.2, 0) is 0 Å². The first-order valence-electron chi connectivity index (χ1n) is 2.41. The van der Waals surface area contributed by atoms with Gasteiger partial charge in [-0.3, -0.25) is 0 Å². The van der Waals surface area contributed by atoms with E-state index in [1.165, 1.54) is 0 Å². The van der Waals surface area contributed by atoms with Gasteiger partial charge in [-0.25, -0.2) is 0 Å². The molecule has 48 valence electrons. The monoisotopic (exact) mass is 152 g/mol. The van der Waals surface area contributed by atoms with Gasteiger partial charge >= 0.3 is 0 Å². The highest BCUT2D eigenvalue weighted by Gasteiger charge is 2.20. The Labute approximate surface area is 56.1 Å². The van der Waals surface area contributed by atoms with Gasteiger partial charge in [0.25, 0.3) is 0 Å². The van der Waals surface area contributed by atoms with Crippen LogP contribution in [0.4, 0.5) is 0 Å². The summed E-state index contributed by atoms with van der Waals surface area (Å²) in [6.07, 6.45) is -0.998. The average molecular weight is 152 g/mol. The second-order valence-electron chi connectivity index (χ2n) is 1.70. The van der Waals surface area contributed by atoms with Gasteiger partial charge in [-0.05, 0) is 0 Å². The predicted molar refractivity (Wildman–Crippen MR) is 36.9 cm³/mol. The fourth-order valence-corrected chi connectivity index (χ4v) is 2.79. The van der Waals surface area contributed by atoms with E-state index in [1.807, 2.05) is 0 Å². The second kappa shape index (κ2) is 2.96. The highest BCUT2D eigenvalue weighted by Crippen LogP contribution is 2.29. The molecular formula is C4H8O2S2. The van der Waals surface area contributed by atoms with Gasteiger partial charge in [0.15, 0.2) is 0 Å². The zero-order valence-corrected chi connectivity index (χ0v) is 5.91. The highest BCUT2D eigenvalue weighted by molar-refractivity contribution is 8.76. The van der Waals surface area contributed by atoms with Crippen molar-refractivity contribution in [1.82, 2.24) is 0 Å². The zero-order valence-electron chi connectivity index (χ0n) is 4.28. The van der Waals surface area contributed by atoms with Crippen molar-refractivity contribution >= 4 is 21.6 Å². The van der Waals surface area contributed by atoms with Crippen LogP contribution in [-0.4, -0.2) is 33.9 Å². The number of rotatable bonds is 0. The Morgan fingerprint density at radius 1 is 1.00 bits per heavy atom. The van der Waals surface area contributed by atoms with E-state index < -0.39 is 12.2 Å². The SMILES string of the molecule is OC1CSSCC1O. The lowest BCUT2D eigenvalue weighted by Crippen LogP contribution is -2.32. The Kier molecular flexibility index (Phi) is 2.49. The van der Waals surface area contributed by atoms with Crippen molar-refractivity contribution in [2.45, 2.75) is 12.2 Å². The molecule has 0 aromatic rings. The minimum absolute atomic E-state index is 0.499. The van der Waals surface area contributed by atoms with E-state index in [2.05, 4.69) is 0 Å². The summed E-state index contributed by atoms with van der Waals surface area (Å²) in [5.74, 6) is 1.32. The third kappa shape index (κ3) is 1.55. The Hall–Kier alpha value is 0.620. The van der Waals surface area contributed by atoms with E-state index >= 15 is 0 Å². The van der Waals surface area contributed by atoms with Crippen LogP contribution in [0.25, 0.3) is 0 Å². The van der Waals surface area contributed by atoms with Crippen LogP contribution < -0.4 is 0 Å². The Balaban J connectivity index is 2.28. The summed E-state index contributed by atoms with van der Waals surface area (Å²) in [6.45, 7) is 0. The lowest BCUT2D eigenvalue weighted by molar-refractivity contribution is 0.0493. The molecule has 0 spiro atoms. The van der Waals surface area contributed by atoms with Crippen molar-refractivity contribution in [2.75, 3.05) is 11.5 Å². The summed E-state index contributed by atoms with van der Waals surface area (Å²) in [5, 5.41) is 17.8. The molecule has 0 aromatic carbocycles. The van der Waals surface area contributed by atoms with Crippen LogP contribution in [0.3, 0.4) is 0 Å².